The minimum atomic E-state index is -0.565. The highest BCUT2D eigenvalue weighted by Gasteiger charge is 2.26. The number of halogens is 1. The lowest BCUT2D eigenvalue weighted by Gasteiger charge is -2.41. The third-order valence-electron chi connectivity index (χ3n) is 5.82. The van der Waals surface area contributed by atoms with Crippen LogP contribution in [0.5, 0.6) is 5.75 Å². The first-order valence-electron chi connectivity index (χ1n) is 10.5. The molecule has 7 heteroatoms. The van der Waals surface area contributed by atoms with Crippen molar-refractivity contribution in [3.63, 3.8) is 0 Å². The number of benzene rings is 2. The van der Waals surface area contributed by atoms with Crippen LogP contribution in [0.3, 0.4) is 0 Å². The van der Waals surface area contributed by atoms with Gasteiger partial charge in [-0.1, -0.05) is 11.6 Å². The van der Waals surface area contributed by atoms with E-state index in [0.717, 1.165) is 48.1 Å². The van der Waals surface area contributed by atoms with Crippen molar-refractivity contribution in [2.45, 2.75) is 31.9 Å². The number of fused-ring (bicyclic) bond motifs is 1. The minimum Gasteiger partial charge on any atom is -0.491 e. The Morgan fingerprint density at radius 3 is 2.77 bits per heavy atom. The third kappa shape index (κ3) is 5.06. The molecule has 160 valence electrons. The molecule has 30 heavy (non-hydrogen) atoms. The maximum Gasteiger partial charge on any atom is 0.224 e. The summed E-state index contributed by atoms with van der Waals surface area (Å²) >= 11 is 5.99. The van der Waals surface area contributed by atoms with Crippen molar-refractivity contribution in [2.75, 3.05) is 43.0 Å². The number of anilines is 2. The highest BCUT2D eigenvalue weighted by atomic mass is 35.5. The van der Waals surface area contributed by atoms with Gasteiger partial charge in [0.05, 0.1) is 0 Å². The highest BCUT2D eigenvalue weighted by molar-refractivity contribution is 6.30. The smallest absolute Gasteiger partial charge is 0.224 e. The maximum absolute atomic E-state index is 11.5. The first-order chi connectivity index (χ1) is 14.5. The number of amides is 1. The Labute approximate surface area is 182 Å². The molecule has 2 aliphatic heterocycles. The van der Waals surface area contributed by atoms with Crippen molar-refractivity contribution in [3.05, 3.63) is 53.1 Å². The topological polar surface area (TPSA) is 65.0 Å². The van der Waals surface area contributed by atoms with Crippen LogP contribution in [-0.4, -0.2) is 60.8 Å². The SMILES string of the molecule is CC1CN(c2ccc(Cl)cc2)CCN1C[C@H](O)COc1ccc2c(c1)CCC(=O)N2. The van der Waals surface area contributed by atoms with Gasteiger partial charge in [-0.15, -0.1) is 0 Å². The molecule has 2 heterocycles. The van der Waals surface area contributed by atoms with E-state index in [2.05, 4.69) is 34.2 Å². The molecule has 2 atom stereocenters. The highest BCUT2D eigenvalue weighted by Crippen LogP contribution is 2.27. The Kier molecular flexibility index (Phi) is 6.46. The van der Waals surface area contributed by atoms with Gasteiger partial charge >= 0.3 is 0 Å². The molecule has 2 aliphatic rings. The van der Waals surface area contributed by atoms with E-state index in [1.807, 2.05) is 30.3 Å². The van der Waals surface area contributed by atoms with Crippen LogP contribution in [-0.2, 0) is 11.2 Å². The molecule has 2 aromatic carbocycles. The van der Waals surface area contributed by atoms with Crippen LogP contribution in [0.25, 0.3) is 0 Å². The molecular weight excluding hydrogens is 402 g/mol. The lowest BCUT2D eigenvalue weighted by Crippen LogP contribution is -2.54. The van der Waals surface area contributed by atoms with Crippen molar-refractivity contribution in [2.24, 2.45) is 0 Å². The number of β-amino-alcohol motifs (C(OH)–C–C–N with tert-alkyl or cyclic N) is 1. The van der Waals surface area contributed by atoms with Crippen molar-refractivity contribution >= 4 is 28.9 Å². The summed E-state index contributed by atoms with van der Waals surface area (Å²) in [6, 6.07) is 13.9. The molecule has 6 nitrogen and oxygen atoms in total. The minimum absolute atomic E-state index is 0.0527. The zero-order valence-electron chi connectivity index (χ0n) is 17.2. The molecule has 1 saturated heterocycles. The Morgan fingerprint density at radius 2 is 2.00 bits per heavy atom. The van der Waals surface area contributed by atoms with Crippen LogP contribution < -0.4 is 15.0 Å². The molecule has 0 spiro atoms. The fraction of sp³-hybridized carbons (Fsp3) is 0.435. The molecule has 4 rings (SSSR count). The first kappa shape index (κ1) is 21.0. The maximum atomic E-state index is 11.5. The van der Waals surface area contributed by atoms with E-state index in [0.29, 0.717) is 19.0 Å². The number of piperazine rings is 1. The van der Waals surface area contributed by atoms with E-state index < -0.39 is 6.10 Å². The zero-order valence-corrected chi connectivity index (χ0v) is 17.9. The molecule has 0 bridgehead atoms. The Balaban J connectivity index is 1.26. The fourth-order valence-electron chi connectivity index (χ4n) is 4.12. The summed E-state index contributed by atoms with van der Waals surface area (Å²) in [5.41, 5.74) is 3.11. The number of nitrogens with one attached hydrogen (secondary N) is 1. The van der Waals surface area contributed by atoms with Crippen molar-refractivity contribution in [3.8, 4) is 5.75 Å². The second-order valence-electron chi connectivity index (χ2n) is 8.10. The lowest BCUT2D eigenvalue weighted by molar-refractivity contribution is -0.116. The molecular formula is C23H28ClN3O3. The number of carbonyl (C=O) groups excluding carboxylic acids is 1. The Bertz CT molecular complexity index is 890. The number of carbonyl (C=O) groups is 1. The van der Waals surface area contributed by atoms with Crippen molar-refractivity contribution in [1.82, 2.24) is 4.90 Å². The largest absolute Gasteiger partial charge is 0.491 e. The summed E-state index contributed by atoms with van der Waals surface area (Å²) in [6.45, 7) is 5.72. The fourth-order valence-corrected chi connectivity index (χ4v) is 4.24. The number of aliphatic hydroxyl groups is 1. The van der Waals surface area contributed by atoms with E-state index in [9.17, 15) is 9.90 Å². The van der Waals surface area contributed by atoms with E-state index >= 15 is 0 Å². The lowest BCUT2D eigenvalue weighted by atomic mass is 10.0. The van der Waals surface area contributed by atoms with E-state index in [1.165, 1.54) is 5.69 Å². The summed E-state index contributed by atoms with van der Waals surface area (Å²) in [4.78, 5) is 16.1. The molecule has 0 aliphatic carbocycles. The molecule has 0 saturated carbocycles. The summed E-state index contributed by atoms with van der Waals surface area (Å²) in [5, 5.41) is 14.1. The molecule has 1 fully saturated rings. The van der Waals surface area contributed by atoms with E-state index in [-0.39, 0.29) is 12.5 Å². The van der Waals surface area contributed by atoms with Crippen LogP contribution in [0.1, 0.15) is 18.9 Å². The number of ether oxygens (including phenoxy) is 1. The van der Waals surface area contributed by atoms with Gasteiger partial charge in [0.25, 0.3) is 0 Å². The number of aryl methyl sites for hydroxylation is 1. The van der Waals surface area contributed by atoms with E-state index in [4.69, 9.17) is 16.3 Å². The monoisotopic (exact) mass is 429 g/mol. The summed E-state index contributed by atoms with van der Waals surface area (Å²) < 4.78 is 5.83. The average Bonchev–Trinajstić information content (AvgIpc) is 2.74. The van der Waals surface area contributed by atoms with Crippen LogP contribution in [0.15, 0.2) is 42.5 Å². The van der Waals surface area contributed by atoms with E-state index in [1.54, 1.807) is 0 Å². The van der Waals surface area contributed by atoms with Gasteiger partial charge in [0.1, 0.15) is 18.5 Å². The van der Waals surface area contributed by atoms with Crippen LogP contribution in [0.4, 0.5) is 11.4 Å². The normalized spacial score (nSPS) is 20.4. The number of hydrogen-bond acceptors (Lipinski definition) is 5. The van der Waals surface area contributed by atoms with Crippen LogP contribution in [0.2, 0.25) is 5.02 Å². The number of nitrogens with zero attached hydrogens (tertiary/aromatic N) is 2. The zero-order chi connectivity index (χ0) is 21.1. The van der Waals surface area contributed by atoms with Gasteiger partial charge in [-0.3, -0.25) is 9.69 Å². The molecule has 1 unspecified atom stereocenters. The molecule has 0 aromatic heterocycles. The Hall–Kier alpha value is -2.28. The standard InChI is InChI=1S/C23H28ClN3O3/c1-16-13-27(19-5-3-18(24)4-6-19)11-10-26(16)14-20(28)15-30-21-7-8-22-17(12-21)2-9-23(29)25-22/h3-8,12,16,20,28H,2,9-11,13-15H2,1H3,(H,25,29)/t16?,20-/m0/s1. The van der Waals surface area contributed by atoms with Crippen LogP contribution in [0, 0.1) is 0 Å². The van der Waals surface area contributed by atoms with Gasteiger partial charge in [0.2, 0.25) is 5.91 Å². The van der Waals surface area contributed by atoms with Gasteiger partial charge < -0.3 is 20.1 Å². The quantitative estimate of drug-likeness (QED) is 0.738. The van der Waals surface area contributed by atoms with Crippen LogP contribution >= 0.6 is 11.6 Å². The average molecular weight is 430 g/mol. The van der Waals surface area contributed by atoms with Crippen molar-refractivity contribution < 1.29 is 14.6 Å². The summed E-state index contributed by atoms with van der Waals surface area (Å²) in [5.74, 6) is 0.779. The third-order valence-corrected chi connectivity index (χ3v) is 6.07. The number of hydrogen-bond donors (Lipinski definition) is 2. The summed E-state index contributed by atoms with van der Waals surface area (Å²) in [6.07, 6.45) is 0.653. The number of aliphatic hydroxyl groups excluding tert-OH is 1. The number of rotatable bonds is 6. The Morgan fingerprint density at radius 1 is 1.20 bits per heavy atom. The predicted octanol–water partition coefficient (Wildman–Crippen LogP) is 3.18. The van der Waals surface area contributed by atoms with Gasteiger partial charge in [0.15, 0.2) is 0 Å². The molecule has 2 aromatic rings. The van der Waals surface area contributed by atoms with Gasteiger partial charge in [-0.2, -0.15) is 0 Å². The van der Waals surface area contributed by atoms with Crippen molar-refractivity contribution in [1.29, 1.82) is 0 Å². The predicted molar refractivity (Wildman–Crippen MR) is 120 cm³/mol. The first-order valence-corrected chi connectivity index (χ1v) is 10.8. The molecule has 0 radical (unpaired) electrons. The molecule has 2 N–H and O–H groups in total. The van der Waals surface area contributed by atoms with Gasteiger partial charge in [-0.05, 0) is 61.4 Å². The second kappa shape index (κ2) is 9.25. The van der Waals surface area contributed by atoms with Gasteiger partial charge in [-0.25, -0.2) is 0 Å². The van der Waals surface area contributed by atoms with Gasteiger partial charge in [0, 0.05) is 55.0 Å². The summed E-state index contributed by atoms with van der Waals surface area (Å²) in [7, 11) is 0. The second-order valence-corrected chi connectivity index (χ2v) is 8.53. The molecule has 1 amide bonds.